The van der Waals surface area contributed by atoms with Crippen LogP contribution in [0.3, 0.4) is 0 Å². The van der Waals surface area contributed by atoms with Gasteiger partial charge >= 0.3 is 0 Å². The van der Waals surface area contributed by atoms with Crippen molar-refractivity contribution in [2.24, 2.45) is 0 Å². The largest absolute Gasteiger partial charge is 0.322 e. The van der Waals surface area contributed by atoms with E-state index in [1.807, 2.05) is 28.9 Å². The number of nitrogens with zero attached hydrogens (tertiary/aromatic N) is 2. The molecule has 5 nitrogen and oxygen atoms in total. The van der Waals surface area contributed by atoms with Crippen molar-refractivity contribution in [3.8, 4) is 5.69 Å². The summed E-state index contributed by atoms with van der Waals surface area (Å²) in [6.45, 7) is 1.80. The first-order valence-electron chi connectivity index (χ1n) is 9.23. The van der Waals surface area contributed by atoms with Gasteiger partial charge in [0.05, 0.1) is 23.1 Å². The fraction of sp³-hybridized carbons (Fsp3) is 0.238. The van der Waals surface area contributed by atoms with Gasteiger partial charge in [0.25, 0.3) is 5.91 Å². The first kappa shape index (κ1) is 21.3. The molecule has 0 saturated carbocycles. The van der Waals surface area contributed by atoms with Gasteiger partial charge in [0.2, 0.25) is 0 Å². The highest BCUT2D eigenvalue weighted by atomic mass is 35.5. The summed E-state index contributed by atoms with van der Waals surface area (Å²) >= 11 is 6.02. The lowest BCUT2D eigenvalue weighted by molar-refractivity contribution is 0.102. The Morgan fingerprint density at radius 2 is 1.76 bits per heavy atom. The number of piperidine rings is 1. The lowest BCUT2D eigenvalue weighted by Crippen LogP contribution is -2.29. The minimum atomic E-state index is -0.344. The fourth-order valence-corrected chi connectivity index (χ4v) is 3.67. The third kappa shape index (κ3) is 4.78. The smallest absolute Gasteiger partial charge is 0.259 e. The highest BCUT2D eigenvalue weighted by molar-refractivity contribution is 6.30. The molecule has 1 aliphatic heterocycles. The van der Waals surface area contributed by atoms with Gasteiger partial charge in [0.15, 0.2) is 0 Å². The van der Waals surface area contributed by atoms with Crippen LogP contribution in [0.2, 0.25) is 5.02 Å². The molecule has 1 aromatic heterocycles. The summed E-state index contributed by atoms with van der Waals surface area (Å²) in [7, 11) is 0. The maximum Gasteiger partial charge on any atom is 0.259 e. The van der Waals surface area contributed by atoms with Crippen molar-refractivity contribution in [3.05, 3.63) is 76.8 Å². The van der Waals surface area contributed by atoms with Crippen molar-refractivity contribution in [1.29, 1.82) is 0 Å². The topological polar surface area (TPSA) is 59.0 Å². The summed E-state index contributed by atoms with van der Waals surface area (Å²) in [5.41, 5.74) is 2.83. The molecular formula is C21H21Cl2FN4O. The molecule has 0 aliphatic carbocycles. The minimum absolute atomic E-state index is 0. The van der Waals surface area contributed by atoms with E-state index in [1.54, 1.807) is 18.3 Å². The van der Waals surface area contributed by atoms with E-state index in [2.05, 4.69) is 15.7 Å². The summed E-state index contributed by atoms with van der Waals surface area (Å²) in [4.78, 5) is 13.0. The van der Waals surface area contributed by atoms with Gasteiger partial charge < -0.3 is 10.6 Å². The van der Waals surface area contributed by atoms with Crippen LogP contribution in [0.15, 0.2) is 54.7 Å². The molecule has 0 bridgehead atoms. The number of rotatable bonds is 4. The number of halogens is 3. The van der Waals surface area contributed by atoms with Crippen molar-refractivity contribution in [1.82, 2.24) is 15.1 Å². The third-order valence-corrected chi connectivity index (χ3v) is 5.20. The van der Waals surface area contributed by atoms with E-state index in [4.69, 9.17) is 11.6 Å². The standard InChI is InChI=1S/C21H20ClFN4O.ClH/c22-15-1-7-18(8-2-15)27-20(14-9-11-24-12-10-14)19(13-25-27)21(28)26-17-5-3-16(23)4-6-17;/h1-8,13-14,24H,9-12H2,(H,26,28);1H. The Balaban J connectivity index is 0.00000240. The second kappa shape index (κ2) is 9.39. The van der Waals surface area contributed by atoms with Crippen molar-refractivity contribution < 1.29 is 9.18 Å². The highest BCUT2D eigenvalue weighted by Gasteiger charge is 2.27. The van der Waals surface area contributed by atoms with Gasteiger partial charge in [0.1, 0.15) is 5.82 Å². The summed E-state index contributed by atoms with van der Waals surface area (Å²) < 4.78 is 15.0. The molecule has 29 heavy (non-hydrogen) atoms. The number of hydrogen-bond donors (Lipinski definition) is 2. The van der Waals surface area contributed by atoms with Gasteiger partial charge in [-0.05, 0) is 74.5 Å². The van der Waals surface area contributed by atoms with E-state index >= 15 is 0 Å². The normalized spacial score (nSPS) is 14.3. The van der Waals surface area contributed by atoms with Gasteiger partial charge in [-0.25, -0.2) is 9.07 Å². The van der Waals surface area contributed by atoms with Gasteiger partial charge in [-0.3, -0.25) is 4.79 Å². The molecule has 1 saturated heterocycles. The average molecular weight is 435 g/mol. The van der Waals surface area contributed by atoms with E-state index < -0.39 is 0 Å². The van der Waals surface area contributed by atoms with Crippen LogP contribution < -0.4 is 10.6 Å². The van der Waals surface area contributed by atoms with E-state index in [0.717, 1.165) is 37.3 Å². The Morgan fingerprint density at radius 1 is 1.10 bits per heavy atom. The Labute approximate surface area is 179 Å². The number of benzene rings is 2. The molecule has 2 N–H and O–H groups in total. The molecule has 2 aromatic carbocycles. The summed E-state index contributed by atoms with van der Waals surface area (Å²) in [5, 5.41) is 11.3. The average Bonchev–Trinajstić information content (AvgIpc) is 3.16. The minimum Gasteiger partial charge on any atom is -0.322 e. The maximum absolute atomic E-state index is 13.1. The highest BCUT2D eigenvalue weighted by Crippen LogP contribution is 2.31. The van der Waals surface area contributed by atoms with E-state index in [1.165, 1.54) is 12.1 Å². The molecular weight excluding hydrogens is 414 g/mol. The van der Waals surface area contributed by atoms with Gasteiger partial charge in [0, 0.05) is 16.6 Å². The molecule has 0 atom stereocenters. The van der Waals surface area contributed by atoms with E-state index in [9.17, 15) is 9.18 Å². The van der Waals surface area contributed by atoms with E-state index in [-0.39, 0.29) is 30.0 Å². The van der Waals surface area contributed by atoms with Crippen molar-refractivity contribution in [2.75, 3.05) is 18.4 Å². The Kier molecular flexibility index (Phi) is 6.90. The van der Waals surface area contributed by atoms with Crippen LogP contribution in [0.4, 0.5) is 10.1 Å². The van der Waals surface area contributed by atoms with Crippen molar-refractivity contribution in [2.45, 2.75) is 18.8 Å². The van der Waals surface area contributed by atoms with Crippen LogP contribution in [0, 0.1) is 5.82 Å². The number of amides is 1. The zero-order valence-electron chi connectivity index (χ0n) is 15.6. The first-order chi connectivity index (χ1) is 13.6. The molecule has 8 heteroatoms. The zero-order valence-corrected chi connectivity index (χ0v) is 17.1. The number of carbonyl (C=O) groups excluding carboxylic acids is 1. The lowest BCUT2D eigenvalue weighted by Gasteiger charge is -2.24. The van der Waals surface area contributed by atoms with Gasteiger partial charge in [-0.15, -0.1) is 12.4 Å². The molecule has 1 amide bonds. The molecule has 0 spiro atoms. The zero-order chi connectivity index (χ0) is 19.5. The van der Waals surface area contributed by atoms with Crippen LogP contribution in [0.5, 0.6) is 0 Å². The predicted molar refractivity (Wildman–Crippen MR) is 115 cm³/mol. The number of carbonyl (C=O) groups is 1. The maximum atomic E-state index is 13.1. The molecule has 2 heterocycles. The monoisotopic (exact) mass is 434 g/mol. The van der Waals surface area contributed by atoms with Crippen LogP contribution in [-0.4, -0.2) is 28.8 Å². The second-order valence-corrected chi connectivity index (χ2v) is 7.25. The molecule has 4 rings (SSSR count). The Hall–Kier alpha value is -2.41. The summed E-state index contributed by atoms with van der Waals surface area (Å²) in [6, 6.07) is 13.1. The SMILES string of the molecule is Cl.O=C(Nc1ccc(F)cc1)c1cnn(-c2ccc(Cl)cc2)c1C1CCNCC1. The summed E-state index contributed by atoms with van der Waals surface area (Å²) in [5.74, 6) is -0.377. The van der Waals surface area contributed by atoms with Crippen molar-refractivity contribution >= 4 is 35.6 Å². The second-order valence-electron chi connectivity index (χ2n) is 6.82. The van der Waals surface area contributed by atoms with Gasteiger partial charge in [-0.1, -0.05) is 11.6 Å². The predicted octanol–water partition coefficient (Wildman–Crippen LogP) is 4.81. The molecule has 1 aliphatic rings. The Morgan fingerprint density at radius 3 is 2.41 bits per heavy atom. The van der Waals surface area contributed by atoms with Crippen molar-refractivity contribution in [3.63, 3.8) is 0 Å². The van der Waals surface area contributed by atoms with E-state index in [0.29, 0.717) is 16.3 Å². The number of aromatic nitrogens is 2. The first-order valence-corrected chi connectivity index (χ1v) is 9.61. The lowest BCUT2D eigenvalue weighted by atomic mass is 9.91. The quantitative estimate of drug-likeness (QED) is 0.619. The Bertz CT molecular complexity index is 967. The van der Waals surface area contributed by atoms with Crippen LogP contribution in [-0.2, 0) is 0 Å². The van der Waals surface area contributed by atoms with Gasteiger partial charge in [-0.2, -0.15) is 5.10 Å². The fourth-order valence-electron chi connectivity index (χ4n) is 3.54. The third-order valence-electron chi connectivity index (χ3n) is 4.95. The van der Waals surface area contributed by atoms with Crippen LogP contribution in [0.1, 0.15) is 34.8 Å². The summed E-state index contributed by atoms with van der Waals surface area (Å²) in [6.07, 6.45) is 3.46. The molecule has 3 aromatic rings. The molecule has 0 unspecified atom stereocenters. The number of anilines is 1. The number of nitrogens with one attached hydrogen (secondary N) is 2. The molecule has 1 fully saturated rings. The molecule has 152 valence electrons. The molecule has 0 radical (unpaired) electrons. The van der Waals surface area contributed by atoms with Crippen LogP contribution in [0.25, 0.3) is 5.69 Å². The number of hydrogen-bond acceptors (Lipinski definition) is 3. The van der Waals surface area contributed by atoms with Crippen LogP contribution >= 0.6 is 24.0 Å².